The third-order valence-electron chi connectivity index (χ3n) is 1.84. The number of aromatic nitrogens is 1. The first-order valence-corrected chi connectivity index (χ1v) is 5.85. The molecule has 0 aromatic carbocycles. The lowest BCUT2D eigenvalue weighted by atomic mass is 10.3. The summed E-state index contributed by atoms with van der Waals surface area (Å²) in [6.45, 7) is 4.19. The summed E-state index contributed by atoms with van der Waals surface area (Å²) in [5.74, 6) is 0.598. The average molecular weight is 290 g/mol. The maximum Gasteiger partial charge on any atom is 0.228 e. The van der Waals surface area contributed by atoms with E-state index in [1.807, 2.05) is 13.0 Å². The predicted molar refractivity (Wildman–Crippen MR) is 64.9 cm³/mol. The van der Waals surface area contributed by atoms with Crippen molar-refractivity contribution in [2.24, 2.45) is 0 Å². The van der Waals surface area contributed by atoms with Gasteiger partial charge in [-0.25, -0.2) is 4.98 Å². The topological polar surface area (TPSA) is 40.6 Å². The molecule has 0 spiro atoms. The molecule has 0 unspecified atom stereocenters. The lowest BCUT2D eigenvalue weighted by Gasteiger charge is -2.07. The monoisotopic (exact) mass is 289 g/mol. The summed E-state index contributed by atoms with van der Waals surface area (Å²) in [6, 6.07) is 1.97. The fraction of sp³-hybridized carbons (Fsp3) is 0.545. The van der Waals surface area contributed by atoms with Crippen LogP contribution in [-0.2, 0) is 9.47 Å². The molecule has 0 bridgehead atoms. The van der Waals surface area contributed by atoms with Gasteiger partial charge in [-0.05, 0) is 34.5 Å². The number of methoxy groups -OCH3 is 1. The highest BCUT2D eigenvalue weighted by atomic mass is 79.9. The van der Waals surface area contributed by atoms with Gasteiger partial charge < -0.3 is 14.2 Å². The summed E-state index contributed by atoms with van der Waals surface area (Å²) < 4.78 is 16.4. The SMILES string of the molecule is COCCOCCOc1ncc(C)cc1Br. The number of ether oxygens (including phenoxy) is 3. The number of pyridine rings is 1. The van der Waals surface area contributed by atoms with E-state index < -0.39 is 0 Å². The van der Waals surface area contributed by atoms with Crippen LogP contribution in [0.25, 0.3) is 0 Å². The second-order valence-electron chi connectivity index (χ2n) is 3.25. The van der Waals surface area contributed by atoms with Crippen LogP contribution in [0.1, 0.15) is 5.56 Å². The van der Waals surface area contributed by atoms with E-state index in [-0.39, 0.29) is 0 Å². The van der Waals surface area contributed by atoms with Crippen LogP contribution in [0.5, 0.6) is 5.88 Å². The second kappa shape index (κ2) is 7.60. The van der Waals surface area contributed by atoms with E-state index in [4.69, 9.17) is 14.2 Å². The molecule has 0 aliphatic heterocycles. The summed E-state index contributed by atoms with van der Waals surface area (Å²) in [6.07, 6.45) is 1.77. The van der Waals surface area contributed by atoms with E-state index in [0.717, 1.165) is 10.0 Å². The molecule has 90 valence electrons. The van der Waals surface area contributed by atoms with Crippen molar-refractivity contribution in [3.8, 4) is 5.88 Å². The van der Waals surface area contributed by atoms with Crippen LogP contribution in [0.15, 0.2) is 16.7 Å². The summed E-state index contributed by atoms with van der Waals surface area (Å²) in [5.41, 5.74) is 1.09. The molecule has 0 aliphatic carbocycles. The molecule has 1 heterocycles. The minimum Gasteiger partial charge on any atom is -0.474 e. The lowest BCUT2D eigenvalue weighted by molar-refractivity contribution is 0.0535. The number of nitrogens with zero attached hydrogens (tertiary/aromatic N) is 1. The van der Waals surface area contributed by atoms with Gasteiger partial charge in [0.25, 0.3) is 0 Å². The van der Waals surface area contributed by atoms with Crippen molar-refractivity contribution in [2.75, 3.05) is 33.5 Å². The highest BCUT2D eigenvalue weighted by Crippen LogP contribution is 2.22. The second-order valence-corrected chi connectivity index (χ2v) is 4.11. The molecule has 0 atom stereocenters. The van der Waals surface area contributed by atoms with Gasteiger partial charge in [0.2, 0.25) is 5.88 Å². The van der Waals surface area contributed by atoms with Gasteiger partial charge >= 0.3 is 0 Å². The molecule has 0 saturated heterocycles. The Morgan fingerprint density at radius 1 is 1.25 bits per heavy atom. The molecule has 5 heteroatoms. The zero-order valence-electron chi connectivity index (χ0n) is 9.53. The lowest BCUT2D eigenvalue weighted by Crippen LogP contribution is -2.10. The van der Waals surface area contributed by atoms with Crippen molar-refractivity contribution in [3.05, 3.63) is 22.3 Å². The summed E-state index contributed by atoms with van der Waals surface area (Å²) in [4.78, 5) is 4.16. The van der Waals surface area contributed by atoms with E-state index in [9.17, 15) is 0 Å². The van der Waals surface area contributed by atoms with Crippen molar-refractivity contribution in [2.45, 2.75) is 6.92 Å². The summed E-state index contributed by atoms with van der Waals surface area (Å²) in [5, 5.41) is 0. The van der Waals surface area contributed by atoms with Crippen LogP contribution in [0.2, 0.25) is 0 Å². The van der Waals surface area contributed by atoms with Crippen LogP contribution in [0, 0.1) is 6.92 Å². The Balaban J connectivity index is 2.21. The van der Waals surface area contributed by atoms with Gasteiger partial charge in [-0.15, -0.1) is 0 Å². The molecule has 1 rings (SSSR count). The Bertz CT molecular complexity index is 320. The molecule has 0 amide bonds. The van der Waals surface area contributed by atoms with Gasteiger partial charge in [-0.2, -0.15) is 0 Å². The smallest absolute Gasteiger partial charge is 0.228 e. The molecule has 0 saturated carbocycles. The number of aryl methyl sites for hydroxylation is 1. The Morgan fingerprint density at radius 2 is 2.00 bits per heavy atom. The van der Waals surface area contributed by atoms with E-state index in [1.54, 1.807) is 13.3 Å². The van der Waals surface area contributed by atoms with Crippen molar-refractivity contribution in [1.29, 1.82) is 0 Å². The number of rotatable bonds is 7. The standard InChI is InChI=1S/C11H16BrNO3/c1-9-7-10(12)11(13-8-9)16-6-5-15-4-3-14-2/h7-8H,3-6H2,1-2H3. The number of hydrogen-bond acceptors (Lipinski definition) is 4. The molecule has 1 aromatic heterocycles. The van der Waals surface area contributed by atoms with Crippen molar-refractivity contribution < 1.29 is 14.2 Å². The number of halogens is 1. The third-order valence-corrected chi connectivity index (χ3v) is 2.41. The van der Waals surface area contributed by atoms with Crippen LogP contribution in [-0.4, -0.2) is 38.5 Å². The van der Waals surface area contributed by atoms with Crippen molar-refractivity contribution in [3.63, 3.8) is 0 Å². The zero-order chi connectivity index (χ0) is 11.8. The van der Waals surface area contributed by atoms with Crippen LogP contribution >= 0.6 is 15.9 Å². The fourth-order valence-electron chi connectivity index (χ4n) is 1.07. The molecular weight excluding hydrogens is 274 g/mol. The average Bonchev–Trinajstić information content (AvgIpc) is 2.26. The van der Waals surface area contributed by atoms with Gasteiger partial charge in [0.1, 0.15) is 6.61 Å². The predicted octanol–water partition coefficient (Wildman–Crippen LogP) is 2.19. The molecule has 4 nitrogen and oxygen atoms in total. The molecule has 0 aliphatic rings. The van der Waals surface area contributed by atoms with E-state index in [2.05, 4.69) is 20.9 Å². The minimum atomic E-state index is 0.484. The largest absolute Gasteiger partial charge is 0.474 e. The van der Waals surface area contributed by atoms with E-state index in [1.165, 1.54) is 0 Å². The van der Waals surface area contributed by atoms with Crippen LogP contribution < -0.4 is 4.74 Å². The Morgan fingerprint density at radius 3 is 2.69 bits per heavy atom. The van der Waals surface area contributed by atoms with Crippen LogP contribution in [0.4, 0.5) is 0 Å². The molecule has 0 N–H and O–H groups in total. The van der Waals surface area contributed by atoms with Crippen molar-refractivity contribution in [1.82, 2.24) is 4.98 Å². The van der Waals surface area contributed by atoms with Gasteiger partial charge in [0, 0.05) is 13.3 Å². The third kappa shape index (κ3) is 4.92. The first-order chi connectivity index (χ1) is 7.74. The van der Waals surface area contributed by atoms with E-state index >= 15 is 0 Å². The maximum atomic E-state index is 5.45. The maximum absolute atomic E-state index is 5.45. The van der Waals surface area contributed by atoms with E-state index in [0.29, 0.717) is 32.3 Å². The molecular formula is C11H16BrNO3. The molecule has 0 fully saturated rings. The van der Waals surface area contributed by atoms with Gasteiger partial charge in [0.05, 0.1) is 24.3 Å². The van der Waals surface area contributed by atoms with Gasteiger partial charge in [-0.3, -0.25) is 0 Å². The highest BCUT2D eigenvalue weighted by Gasteiger charge is 2.02. The Labute approximate surface area is 104 Å². The highest BCUT2D eigenvalue weighted by molar-refractivity contribution is 9.10. The first kappa shape index (κ1) is 13.4. The first-order valence-electron chi connectivity index (χ1n) is 5.05. The Hall–Kier alpha value is -0.650. The normalized spacial score (nSPS) is 10.4. The van der Waals surface area contributed by atoms with Crippen molar-refractivity contribution >= 4 is 15.9 Å². The minimum absolute atomic E-state index is 0.484. The molecule has 1 aromatic rings. The van der Waals surface area contributed by atoms with Gasteiger partial charge in [0.15, 0.2) is 0 Å². The summed E-state index contributed by atoms with van der Waals surface area (Å²) in [7, 11) is 1.65. The molecule has 0 radical (unpaired) electrons. The zero-order valence-corrected chi connectivity index (χ0v) is 11.1. The number of hydrogen-bond donors (Lipinski definition) is 0. The quantitative estimate of drug-likeness (QED) is 0.722. The summed E-state index contributed by atoms with van der Waals surface area (Å²) >= 11 is 3.39. The Kier molecular flexibility index (Phi) is 6.37. The molecule has 16 heavy (non-hydrogen) atoms. The van der Waals surface area contributed by atoms with Gasteiger partial charge in [-0.1, -0.05) is 0 Å². The fourth-order valence-corrected chi connectivity index (χ4v) is 1.65. The van der Waals surface area contributed by atoms with Crippen LogP contribution in [0.3, 0.4) is 0 Å².